The Balaban J connectivity index is 2.57. The van der Waals surface area contributed by atoms with Crippen molar-refractivity contribution >= 4 is 35.2 Å². The predicted molar refractivity (Wildman–Crippen MR) is 91.2 cm³/mol. The van der Waals surface area contributed by atoms with Gasteiger partial charge >= 0.3 is 5.97 Å². The van der Waals surface area contributed by atoms with Crippen molar-refractivity contribution < 1.29 is 19.4 Å². The van der Waals surface area contributed by atoms with E-state index in [0.29, 0.717) is 28.6 Å². The molecule has 0 saturated heterocycles. The highest BCUT2D eigenvalue weighted by molar-refractivity contribution is 7.98. The number of rotatable bonds is 5. The van der Waals surface area contributed by atoms with Crippen molar-refractivity contribution in [2.75, 3.05) is 18.6 Å². The zero-order chi connectivity index (χ0) is 17.1. The number of carbonyl (C=O) groups excluding carboxylic acids is 1. The monoisotopic (exact) mass is 357 g/mol. The molecule has 2 rings (SSSR count). The minimum absolute atomic E-state index is 0.0737. The fourth-order valence-electron chi connectivity index (χ4n) is 2.60. The SMILES string of the molecule is CSCCN1C(=O)C(C(C)C)Oc2ccc(Cl)cc2C1C(=O)O. The zero-order valence-corrected chi connectivity index (χ0v) is 14.9. The van der Waals surface area contributed by atoms with Gasteiger partial charge in [0.2, 0.25) is 0 Å². The van der Waals surface area contributed by atoms with E-state index in [2.05, 4.69) is 0 Å². The molecule has 126 valence electrons. The second-order valence-corrected chi connectivity index (χ2v) is 7.15. The summed E-state index contributed by atoms with van der Waals surface area (Å²) in [5, 5.41) is 10.1. The number of benzene rings is 1. The first-order chi connectivity index (χ1) is 10.9. The molecule has 1 aliphatic rings. The molecule has 0 saturated carbocycles. The molecular formula is C16H20ClNO4S. The van der Waals surface area contributed by atoms with E-state index in [-0.39, 0.29) is 11.8 Å². The first kappa shape index (κ1) is 17.9. The maximum atomic E-state index is 12.9. The third-order valence-corrected chi connectivity index (χ3v) is 4.56. The Hall–Kier alpha value is -1.40. The number of ether oxygens (including phenoxy) is 1. The summed E-state index contributed by atoms with van der Waals surface area (Å²) in [6.45, 7) is 4.10. The van der Waals surface area contributed by atoms with E-state index in [9.17, 15) is 14.7 Å². The molecule has 1 aliphatic heterocycles. The van der Waals surface area contributed by atoms with Gasteiger partial charge in [-0.25, -0.2) is 4.79 Å². The van der Waals surface area contributed by atoms with Crippen LogP contribution in [0.15, 0.2) is 18.2 Å². The van der Waals surface area contributed by atoms with Crippen LogP contribution in [0.1, 0.15) is 25.5 Å². The Labute approximate surface area is 144 Å². The van der Waals surface area contributed by atoms with Crippen LogP contribution in [0.5, 0.6) is 5.75 Å². The summed E-state index contributed by atoms with van der Waals surface area (Å²) in [6, 6.07) is 3.75. The normalized spacial score (nSPS) is 20.9. The lowest BCUT2D eigenvalue weighted by Crippen LogP contribution is -2.46. The van der Waals surface area contributed by atoms with Crippen molar-refractivity contribution in [3.8, 4) is 5.75 Å². The van der Waals surface area contributed by atoms with Crippen LogP contribution in [0.25, 0.3) is 0 Å². The van der Waals surface area contributed by atoms with E-state index in [0.717, 1.165) is 0 Å². The Kier molecular flexibility index (Phi) is 5.81. The summed E-state index contributed by atoms with van der Waals surface area (Å²) >= 11 is 7.59. The average Bonchev–Trinajstić information content (AvgIpc) is 2.60. The molecule has 7 heteroatoms. The highest BCUT2D eigenvalue weighted by atomic mass is 35.5. The minimum atomic E-state index is -1.09. The molecule has 0 fully saturated rings. The van der Waals surface area contributed by atoms with Gasteiger partial charge in [0.1, 0.15) is 5.75 Å². The Morgan fingerprint density at radius 2 is 2.17 bits per heavy atom. The van der Waals surface area contributed by atoms with Crippen molar-refractivity contribution in [3.63, 3.8) is 0 Å². The average molecular weight is 358 g/mol. The summed E-state index contributed by atoms with van der Waals surface area (Å²) in [5.74, 6) is -0.406. The Bertz CT molecular complexity index is 608. The maximum Gasteiger partial charge on any atom is 0.331 e. The van der Waals surface area contributed by atoms with Gasteiger partial charge in [0.25, 0.3) is 5.91 Å². The molecule has 0 radical (unpaired) electrons. The molecule has 0 aliphatic carbocycles. The van der Waals surface area contributed by atoms with Crippen LogP contribution in [0.4, 0.5) is 0 Å². The van der Waals surface area contributed by atoms with Gasteiger partial charge < -0.3 is 14.7 Å². The maximum absolute atomic E-state index is 12.9. The van der Waals surface area contributed by atoms with Gasteiger partial charge in [-0.15, -0.1) is 0 Å². The van der Waals surface area contributed by atoms with E-state index in [1.54, 1.807) is 30.0 Å². The van der Waals surface area contributed by atoms with E-state index in [1.807, 2.05) is 20.1 Å². The van der Waals surface area contributed by atoms with Gasteiger partial charge in [-0.3, -0.25) is 4.79 Å². The van der Waals surface area contributed by atoms with Gasteiger partial charge in [-0.2, -0.15) is 11.8 Å². The van der Waals surface area contributed by atoms with E-state index < -0.39 is 18.1 Å². The van der Waals surface area contributed by atoms with Crippen LogP contribution < -0.4 is 4.74 Å². The number of carbonyl (C=O) groups is 2. The number of thioether (sulfide) groups is 1. The second-order valence-electron chi connectivity index (χ2n) is 5.73. The lowest BCUT2D eigenvalue weighted by Gasteiger charge is -2.29. The molecule has 1 amide bonds. The largest absolute Gasteiger partial charge is 0.480 e. The minimum Gasteiger partial charge on any atom is -0.480 e. The lowest BCUT2D eigenvalue weighted by molar-refractivity contribution is -0.153. The van der Waals surface area contributed by atoms with Gasteiger partial charge in [0, 0.05) is 22.9 Å². The Morgan fingerprint density at radius 1 is 1.48 bits per heavy atom. The molecule has 2 unspecified atom stereocenters. The van der Waals surface area contributed by atoms with Crippen molar-refractivity contribution in [2.24, 2.45) is 5.92 Å². The number of fused-ring (bicyclic) bond motifs is 1. The third-order valence-electron chi connectivity index (χ3n) is 3.73. The number of hydrogen-bond donors (Lipinski definition) is 1. The van der Waals surface area contributed by atoms with E-state index in [4.69, 9.17) is 16.3 Å². The first-order valence-electron chi connectivity index (χ1n) is 7.35. The summed E-state index contributed by atoms with van der Waals surface area (Å²) in [7, 11) is 0. The van der Waals surface area contributed by atoms with Gasteiger partial charge in [-0.05, 0) is 30.4 Å². The standard InChI is InChI=1S/C16H20ClNO4S/c1-9(2)14-15(19)18(6-7-23-3)13(16(20)21)11-8-10(17)4-5-12(11)22-14/h4-5,8-9,13-14H,6-7H2,1-3H3,(H,20,21). The summed E-state index contributed by atoms with van der Waals surface area (Å²) in [6.07, 6.45) is 1.21. The molecule has 0 bridgehead atoms. The predicted octanol–water partition coefficient (Wildman–Crippen LogP) is 3.07. The van der Waals surface area contributed by atoms with Crippen LogP contribution in [0.3, 0.4) is 0 Å². The molecule has 1 aromatic carbocycles. The first-order valence-corrected chi connectivity index (χ1v) is 9.12. The Morgan fingerprint density at radius 3 is 2.74 bits per heavy atom. The van der Waals surface area contributed by atoms with Gasteiger partial charge in [0.15, 0.2) is 12.1 Å². The quantitative estimate of drug-likeness (QED) is 0.877. The van der Waals surface area contributed by atoms with Crippen molar-refractivity contribution in [1.82, 2.24) is 4.90 Å². The number of amides is 1. The van der Waals surface area contributed by atoms with Crippen LogP contribution in [-0.4, -0.2) is 46.5 Å². The van der Waals surface area contributed by atoms with E-state index in [1.165, 1.54) is 4.90 Å². The smallest absolute Gasteiger partial charge is 0.331 e. The van der Waals surface area contributed by atoms with Gasteiger partial charge in [0.05, 0.1) is 0 Å². The lowest BCUT2D eigenvalue weighted by atomic mass is 10.0. The van der Waals surface area contributed by atoms with Gasteiger partial charge in [-0.1, -0.05) is 25.4 Å². The molecule has 23 heavy (non-hydrogen) atoms. The third kappa shape index (κ3) is 3.75. The molecule has 0 spiro atoms. The summed E-state index contributed by atoms with van der Waals surface area (Å²) < 4.78 is 5.86. The number of halogens is 1. The number of nitrogens with zero attached hydrogens (tertiary/aromatic N) is 1. The second kappa shape index (κ2) is 7.45. The molecule has 0 aromatic heterocycles. The van der Waals surface area contributed by atoms with Crippen molar-refractivity contribution in [1.29, 1.82) is 0 Å². The molecule has 1 N–H and O–H groups in total. The zero-order valence-electron chi connectivity index (χ0n) is 13.3. The summed E-state index contributed by atoms with van der Waals surface area (Å²) in [4.78, 5) is 26.1. The molecule has 1 aromatic rings. The van der Waals surface area contributed by atoms with Crippen molar-refractivity contribution in [2.45, 2.75) is 26.0 Å². The molecule has 5 nitrogen and oxygen atoms in total. The molecular weight excluding hydrogens is 338 g/mol. The van der Waals surface area contributed by atoms with Crippen LogP contribution in [0.2, 0.25) is 5.02 Å². The molecule has 1 heterocycles. The number of carboxylic acid groups (broad SMARTS) is 1. The highest BCUT2D eigenvalue weighted by Gasteiger charge is 2.41. The fourth-order valence-corrected chi connectivity index (χ4v) is 3.16. The van der Waals surface area contributed by atoms with Crippen LogP contribution in [0, 0.1) is 5.92 Å². The fraction of sp³-hybridized carbons (Fsp3) is 0.500. The number of aliphatic carboxylic acids is 1. The highest BCUT2D eigenvalue weighted by Crippen LogP contribution is 2.37. The van der Waals surface area contributed by atoms with E-state index >= 15 is 0 Å². The van der Waals surface area contributed by atoms with Crippen LogP contribution in [-0.2, 0) is 9.59 Å². The number of hydrogen-bond acceptors (Lipinski definition) is 4. The molecule has 2 atom stereocenters. The topological polar surface area (TPSA) is 66.8 Å². The number of carboxylic acids is 1. The van der Waals surface area contributed by atoms with Crippen molar-refractivity contribution in [3.05, 3.63) is 28.8 Å². The summed E-state index contributed by atoms with van der Waals surface area (Å²) in [5.41, 5.74) is 0.419. The van der Waals surface area contributed by atoms with Crippen LogP contribution >= 0.6 is 23.4 Å².